The van der Waals surface area contributed by atoms with Crippen molar-refractivity contribution in [1.29, 1.82) is 0 Å². The molecule has 110 valence electrons. The lowest BCUT2D eigenvalue weighted by Gasteiger charge is -2.31. The molecule has 2 rings (SSSR count). The van der Waals surface area contributed by atoms with Gasteiger partial charge >= 0.3 is 5.97 Å². The van der Waals surface area contributed by atoms with E-state index in [0.29, 0.717) is 18.9 Å². The fraction of sp³-hybridized carbons (Fsp3) is 0.562. The Labute approximate surface area is 120 Å². The maximum absolute atomic E-state index is 10.8. The highest BCUT2D eigenvalue weighted by atomic mass is 16.5. The molecule has 1 atom stereocenters. The van der Waals surface area contributed by atoms with E-state index in [1.807, 2.05) is 30.3 Å². The fourth-order valence-corrected chi connectivity index (χ4v) is 2.76. The topological polar surface area (TPSA) is 49.8 Å². The number of ether oxygens (including phenoxy) is 1. The Bertz CT molecular complexity index is 407. The number of likely N-dealkylation sites (tertiary alicyclic amines) is 1. The average Bonchev–Trinajstić information content (AvgIpc) is 2.44. The summed E-state index contributed by atoms with van der Waals surface area (Å²) in [5.41, 5.74) is 0. The maximum Gasteiger partial charge on any atom is 0.303 e. The van der Waals surface area contributed by atoms with E-state index in [2.05, 4.69) is 4.90 Å². The van der Waals surface area contributed by atoms with Gasteiger partial charge in [-0.3, -0.25) is 4.79 Å². The average molecular weight is 277 g/mol. The summed E-state index contributed by atoms with van der Waals surface area (Å²) < 4.78 is 5.67. The minimum absolute atomic E-state index is 0.303. The summed E-state index contributed by atoms with van der Waals surface area (Å²) in [5.74, 6) is 0.551. The summed E-state index contributed by atoms with van der Waals surface area (Å²) in [6.45, 7) is 3.70. The Morgan fingerprint density at radius 1 is 1.35 bits per heavy atom. The molecule has 0 aromatic heterocycles. The van der Waals surface area contributed by atoms with Crippen LogP contribution in [-0.2, 0) is 4.79 Å². The maximum atomic E-state index is 10.8. The van der Waals surface area contributed by atoms with Gasteiger partial charge in [-0.25, -0.2) is 0 Å². The summed E-state index contributed by atoms with van der Waals surface area (Å²) in [5, 5.41) is 8.85. The molecule has 4 nitrogen and oxygen atoms in total. The number of para-hydroxylation sites is 1. The van der Waals surface area contributed by atoms with E-state index in [1.165, 1.54) is 0 Å². The molecular formula is C16H23NO3. The molecule has 1 aliphatic heterocycles. The van der Waals surface area contributed by atoms with Gasteiger partial charge in [0.05, 0.1) is 6.61 Å². The number of carboxylic acid groups (broad SMARTS) is 1. The number of rotatable bonds is 7. The number of hydrogen-bond acceptors (Lipinski definition) is 3. The quantitative estimate of drug-likeness (QED) is 0.778. The highest BCUT2D eigenvalue weighted by Gasteiger charge is 2.21. The van der Waals surface area contributed by atoms with Crippen LogP contribution in [0.3, 0.4) is 0 Å². The molecule has 1 fully saturated rings. The first-order chi connectivity index (χ1) is 9.74. The molecule has 0 aliphatic carbocycles. The molecule has 1 saturated heterocycles. The number of benzene rings is 1. The van der Waals surface area contributed by atoms with Crippen molar-refractivity contribution >= 4 is 5.97 Å². The van der Waals surface area contributed by atoms with Crippen molar-refractivity contribution in [2.75, 3.05) is 26.2 Å². The molecule has 0 radical (unpaired) electrons. The third kappa shape index (κ3) is 5.21. The van der Waals surface area contributed by atoms with E-state index in [9.17, 15) is 4.79 Å². The van der Waals surface area contributed by atoms with Gasteiger partial charge in [-0.1, -0.05) is 18.2 Å². The van der Waals surface area contributed by atoms with Crippen LogP contribution in [0.15, 0.2) is 30.3 Å². The summed E-state index contributed by atoms with van der Waals surface area (Å²) >= 11 is 0. The third-order valence-corrected chi connectivity index (χ3v) is 3.70. The van der Waals surface area contributed by atoms with Gasteiger partial charge in [0.15, 0.2) is 0 Å². The molecule has 1 heterocycles. The van der Waals surface area contributed by atoms with Crippen molar-refractivity contribution in [1.82, 2.24) is 4.90 Å². The SMILES string of the molecule is O=C(O)CC1CCCN(CCCOc2ccccc2)C1. The predicted molar refractivity (Wildman–Crippen MR) is 78.0 cm³/mol. The molecule has 0 saturated carbocycles. The van der Waals surface area contributed by atoms with Crippen LogP contribution in [0.5, 0.6) is 5.75 Å². The van der Waals surface area contributed by atoms with Crippen molar-refractivity contribution < 1.29 is 14.6 Å². The fourth-order valence-electron chi connectivity index (χ4n) is 2.76. The molecular weight excluding hydrogens is 254 g/mol. The molecule has 20 heavy (non-hydrogen) atoms. The van der Waals surface area contributed by atoms with Gasteiger partial charge in [0.1, 0.15) is 5.75 Å². The molecule has 1 aromatic rings. The van der Waals surface area contributed by atoms with Crippen LogP contribution < -0.4 is 4.74 Å². The molecule has 0 amide bonds. The van der Waals surface area contributed by atoms with Gasteiger partial charge < -0.3 is 14.7 Å². The van der Waals surface area contributed by atoms with Crippen LogP contribution in [0.1, 0.15) is 25.7 Å². The van der Waals surface area contributed by atoms with E-state index >= 15 is 0 Å². The van der Waals surface area contributed by atoms with Crippen LogP contribution in [0.4, 0.5) is 0 Å². The van der Waals surface area contributed by atoms with Crippen molar-refractivity contribution in [2.45, 2.75) is 25.7 Å². The van der Waals surface area contributed by atoms with Gasteiger partial charge in [-0.15, -0.1) is 0 Å². The van der Waals surface area contributed by atoms with Crippen LogP contribution >= 0.6 is 0 Å². The molecule has 1 aromatic carbocycles. The van der Waals surface area contributed by atoms with Gasteiger partial charge in [-0.2, -0.15) is 0 Å². The zero-order valence-corrected chi connectivity index (χ0v) is 11.8. The van der Waals surface area contributed by atoms with Crippen molar-refractivity contribution in [2.24, 2.45) is 5.92 Å². The minimum Gasteiger partial charge on any atom is -0.494 e. The zero-order valence-electron chi connectivity index (χ0n) is 11.8. The second-order valence-corrected chi connectivity index (χ2v) is 5.42. The van der Waals surface area contributed by atoms with Crippen molar-refractivity contribution in [3.63, 3.8) is 0 Å². The van der Waals surface area contributed by atoms with Crippen LogP contribution in [0, 0.1) is 5.92 Å². The molecule has 1 N–H and O–H groups in total. The van der Waals surface area contributed by atoms with Gasteiger partial charge in [0.25, 0.3) is 0 Å². The standard InChI is InChI=1S/C16H23NO3/c18-16(19)12-14-6-4-9-17(13-14)10-5-11-20-15-7-2-1-3-8-15/h1-3,7-8,14H,4-6,9-13H2,(H,18,19). The summed E-state index contributed by atoms with van der Waals surface area (Å²) in [4.78, 5) is 13.1. The van der Waals surface area contributed by atoms with Crippen molar-refractivity contribution in [3.8, 4) is 5.75 Å². The Kier molecular flexibility index (Phi) is 5.87. The van der Waals surface area contributed by atoms with E-state index < -0.39 is 5.97 Å². The first-order valence-electron chi connectivity index (χ1n) is 7.36. The summed E-state index contributed by atoms with van der Waals surface area (Å²) in [7, 11) is 0. The monoisotopic (exact) mass is 277 g/mol. The van der Waals surface area contributed by atoms with Crippen LogP contribution in [0.2, 0.25) is 0 Å². The Morgan fingerprint density at radius 3 is 2.90 bits per heavy atom. The lowest BCUT2D eigenvalue weighted by molar-refractivity contribution is -0.138. The normalized spacial score (nSPS) is 19.7. The second kappa shape index (κ2) is 7.90. The van der Waals surface area contributed by atoms with Crippen LogP contribution in [-0.4, -0.2) is 42.2 Å². The predicted octanol–water partition coefficient (Wildman–Crippen LogP) is 2.64. The van der Waals surface area contributed by atoms with E-state index in [4.69, 9.17) is 9.84 Å². The first-order valence-corrected chi connectivity index (χ1v) is 7.36. The van der Waals surface area contributed by atoms with Gasteiger partial charge in [0, 0.05) is 19.5 Å². The van der Waals surface area contributed by atoms with E-state index in [0.717, 1.165) is 44.6 Å². The molecule has 1 aliphatic rings. The van der Waals surface area contributed by atoms with E-state index in [-0.39, 0.29) is 0 Å². The number of nitrogens with zero attached hydrogens (tertiary/aromatic N) is 1. The lowest BCUT2D eigenvalue weighted by atomic mass is 9.95. The Balaban J connectivity index is 1.62. The first kappa shape index (κ1) is 14.9. The number of carboxylic acids is 1. The van der Waals surface area contributed by atoms with Crippen molar-refractivity contribution in [3.05, 3.63) is 30.3 Å². The van der Waals surface area contributed by atoms with E-state index in [1.54, 1.807) is 0 Å². The minimum atomic E-state index is -0.677. The number of carbonyl (C=O) groups is 1. The van der Waals surface area contributed by atoms with Gasteiger partial charge in [-0.05, 0) is 43.9 Å². The summed E-state index contributed by atoms with van der Waals surface area (Å²) in [6, 6.07) is 9.84. The number of hydrogen-bond donors (Lipinski definition) is 1. The molecule has 0 bridgehead atoms. The number of aliphatic carboxylic acids is 1. The van der Waals surface area contributed by atoms with Gasteiger partial charge in [0.2, 0.25) is 0 Å². The Hall–Kier alpha value is -1.55. The molecule has 1 unspecified atom stereocenters. The third-order valence-electron chi connectivity index (χ3n) is 3.70. The smallest absolute Gasteiger partial charge is 0.303 e. The second-order valence-electron chi connectivity index (χ2n) is 5.42. The number of piperidine rings is 1. The largest absolute Gasteiger partial charge is 0.494 e. The molecule has 4 heteroatoms. The zero-order chi connectivity index (χ0) is 14.2. The lowest BCUT2D eigenvalue weighted by Crippen LogP contribution is -2.37. The molecule has 0 spiro atoms. The Morgan fingerprint density at radius 2 is 2.15 bits per heavy atom. The van der Waals surface area contributed by atoms with Crippen LogP contribution in [0.25, 0.3) is 0 Å². The highest BCUT2D eigenvalue weighted by Crippen LogP contribution is 2.19. The highest BCUT2D eigenvalue weighted by molar-refractivity contribution is 5.67. The summed E-state index contributed by atoms with van der Waals surface area (Å²) in [6.07, 6.45) is 3.44.